The number of carbonyl (C=O) groups excluding carboxylic acids is 3. The molecule has 1 fully saturated rings. The number of carbonyl (C=O) groups is 4. The summed E-state index contributed by atoms with van der Waals surface area (Å²) in [6.07, 6.45) is -0.808. The molecule has 0 radical (unpaired) electrons. The molecule has 3 atom stereocenters. The average molecular weight is 525 g/mol. The van der Waals surface area contributed by atoms with Crippen molar-refractivity contribution in [3.63, 3.8) is 0 Å². The zero-order valence-electron chi connectivity index (χ0n) is 18.4. The fourth-order valence-corrected chi connectivity index (χ4v) is 5.65. The molecule has 0 bridgehead atoms. The minimum Gasteiger partial charge on any atom is -0.477 e. The lowest BCUT2D eigenvalue weighted by Crippen LogP contribution is -2.71. The Balaban J connectivity index is 1.50. The first-order valence-corrected chi connectivity index (χ1v) is 12.1. The standard InChI is InChI=1S/C19H20N6O8S2/c1-3-32-18(30)8-4-10(33-23-8)7-5-34-16-12(15(27)25(16)13(7)17(28)29)22-14(26)11(24-31-2)9-6-35-19(20)21-9/h6,10,12,16H,3-5H2,1-2H3,(H2,20,21)(H,22,26)(H,28,29)/b24-11-/t10-,12?,16?/m1/s1. The third kappa shape index (κ3) is 4.53. The molecule has 35 heavy (non-hydrogen) atoms. The van der Waals surface area contributed by atoms with Crippen LogP contribution in [0.4, 0.5) is 5.13 Å². The summed E-state index contributed by atoms with van der Waals surface area (Å²) in [4.78, 5) is 64.9. The van der Waals surface area contributed by atoms with E-state index in [0.717, 1.165) is 16.2 Å². The zero-order valence-corrected chi connectivity index (χ0v) is 20.1. The number of β-lactam (4-membered cyclic amide) rings is 1. The third-order valence-corrected chi connectivity index (χ3v) is 7.19. The van der Waals surface area contributed by atoms with E-state index in [0.29, 0.717) is 5.57 Å². The van der Waals surface area contributed by atoms with Crippen molar-refractivity contribution in [1.29, 1.82) is 0 Å². The summed E-state index contributed by atoms with van der Waals surface area (Å²) < 4.78 is 4.90. The monoisotopic (exact) mass is 524 g/mol. The largest absolute Gasteiger partial charge is 0.477 e. The summed E-state index contributed by atoms with van der Waals surface area (Å²) in [7, 11) is 1.25. The highest BCUT2D eigenvalue weighted by Crippen LogP contribution is 2.42. The van der Waals surface area contributed by atoms with Gasteiger partial charge in [-0.15, -0.1) is 23.1 Å². The number of nitrogen functional groups attached to an aromatic ring is 1. The molecule has 186 valence electrons. The number of thiazole rings is 1. The lowest BCUT2D eigenvalue weighted by atomic mass is 9.98. The van der Waals surface area contributed by atoms with Crippen LogP contribution in [-0.4, -0.2) is 87.2 Å². The van der Waals surface area contributed by atoms with E-state index in [4.69, 9.17) is 20.1 Å². The molecule has 0 aliphatic carbocycles. The molecule has 2 unspecified atom stereocenters. The van der Waals surface area contributed by atoms with Gasteiger partial charge in [-0.25, -0.2) is 14.6 Å². The van der Waals surface area contributed by atoms with Gasteiger partial charge in [-0.05, 0) is 6.92 Å². The lowest BCUT2D eigenvalue weighted by molar-refractivity contribution is -0.150. The van der Waals surface area contributed by atoms with Crippen LogP contribution in [0.25, 0.3) is 0 Å². The first kappa shape index (κ1) is 24.5. The minimum atomic E-state index is -1.34. The number of rotatable bonds is 8. The van der Waals surface area contributed by atoms with Gasteiger partial charge in [-0.1, -0.05) is 10.3 Å². The normalized spacial score (nSPS) is 23.7. The highest BCUT2D eigenvalue weighted by molar-refractivity contribution is 8.00. The van der Waals surface area contributed by atoms with E-state index in [2.05, 4.69) is 20.6 Å². The molecule has 16 heteroatoms. The SMILES string of the molecule is CCOC(=O)C1=NO[C@@H](C2=C(C(=O)O)N3C(=O)C(NC(=O)/C(=N\OC)c4csc(N)n4)C3SC2)C1. The number of aromatic nitrogens is 1. The van der Waals surface area contributed by atoms with Crippen LogP contribution in [0, 0.1) is 0 Å². The molecule has 3 aliphatic rings. The van der Waals surface area contributed by atoms with Crippen LogP contribution < -0.4 is 11.1 Å². The van der Waals surface area contributed by atoms with Crippen molar-refractivity contribution in [2.75, 3.05) is 25.2 Å². The molecule has 3 aliphatic heterocycles. The van der Waals surface area contributed by atoms with Gasteiger partial charge in [0.05, 0.1) is 6.61 Å². The molecular weight excluding hydrogens is 504 g/mol. The predicted octanol–water partition coefficient (Wildman–Crippen LogP) is -0.478. The number of amides is 2. The molecule has 4 heterocycles. The van der Waals surface area contributed by atoms with E-state index in [1.165, 1.54) is 24.3 Å². The highest BCUT2D eigenvalue weighted by atomic mass is 32.2. The molecule has 1 saturated heterocycles. The average Bonchev–Trinajstić information content (AvgIpc) is 3.49. The summed E-state index contributed by atoms with van der Waals surface area (Å²) in [5.74, 6) is -3.15. The first-order valence-electron chi connectivity index (χ1n) is 10.2. The molecule has 14 nitrogen and oxygen atoms in total. The van der Waals surface area contributed by atoms with Crippen LogP contribution >= 0.6 is 23.1 Å². The van der Waals surface area contributed by atoms with Gasteiger partial charge >= 0.3 is 11.9 Å². The second-order valence-electron chi connectivity index (χ2n) is 7.29. The van der Waals surface area contributed by atoms with Gasteiger partial charge in [0.25, 0.3) is 11.8 Å². The van der Waals surface area contributed by atoms with E-state index in [-0.39, 0.29) is 46.7 Å². The molecule has 2 amide bonds. The van der Waals surface area contributed by atoms with Crippen molar-refractivity contribution >= 4 is 63.4 Å². The Hall–Kier alpha value is -3.66. The molecule has 4 rings (SSSR count). The van der Waals surface area contributed by atoms with E-state index in [1.807, 2.05) is 0 Å². The number of hydrogen-bond acceptors (Lipinski definition) is 13. The van der Waals surface area contributed by atoms with Crippen molar-refractivity contribution in [3.05, 3.63) is 22.3 Å². The molecule has 1 aromatic rings. The number of aliphatic carboxylic acids is 1. The van der Waals surface area contributed by atoms with Crippen molar-refractivity contribution in [2.45, 2.75) is 30.9 Å². The summed E-state index contributed by atoms with van der Waals surface area (Å²) in [6.45, 7) is 1.81. The van der Waals surface area contributed by atoms with Gasteiger partial charge in [-0.2, -0.15) is 0 Å². The minimum absolute atomic E-state index is 0.0198. The van der Waals surface area contributed by atoms with E-state index in [9.17, 15) is 24.3 Å². The Morgan fingerprint density at radius 2 is 2.20 bits per heavy atom. The maximum atomic E-state index is 12.9. The molecule has 0 spiro atoms. The smallest absolute Gasteiger partial charge is 0.356 e. The summed E-state index contributed by atoms with van der Waals surface area (Å²) >= 11 is 2.35. The maximum absolute atomic E-state index is 12.9. The fourth-order valence-electron chi connectivity index (χ4n) is 3.69. The van der Waals surface area contributed by atoms with Crippen LogP contribution in [0.15, 0.2) is 27.0 Å². The van der Waals surface area contributed by atoms with Gasteiger partial charge in [0.1, 0.15) is 29.9 Å². The second kappa shape index (κ2) is 9.91. The topological polar surface area (TPSA) is 195 Å². The van der Waals surface area contributed by atoms with Crippen molar-refractivity contribution < 1.29 is 38.7 Å². The fraction of sp³-hybridized carbons (Fsp3) is 0.421. The Morgan fingerprint density at radius 1 is 1.43 bits per heavy atom. The molecule has 0 saturated carbocycles. The van der Waals surface area contributed by atoms with Gasteiger partial charge in [0.2, 0.25) is 0 Å². The second-order valence-corrected chi connectivity index (χ2v) is 9.28. The van der Waals surface area contributed by atoms with Gasteiger partial charge in [0, 0.05) is 23.1 Å². The number of nitrogens with two attached hydrogens (primary N) is 1. The van der Waals surface area contributed by atoms with Gasteiger partial charge < -0.3 is 30.6 Å². The van der Waals surface area contributed by atoms with Crippen molar-refractivity contribution in [2.24, 2.45) is 10.3 Å². The number of oxime groups is 2. The molecule has 1 aromatic heterocycles. The number of fused-ring (bicyclic) bond motifs is 1. The number of esters is 1. The molecule has 4 N–H and O–H groups in total. The number of thioether (sulfide) groups is 1. The Kier molecular flexibility index (Phi) is 6.93. The molecule has 0 aromatic carbocycles. The van der Waals surface area contributed by atoms with Crippen LogP contribution in [-0.2, 0) is 33.6 Å². The Labute approximate surface area is 206 Å². The summed E-state index contributed by atoms with van der Waals surface area (Å²) in [5.41, 5.74) is 5.71. The number of anilines is 1. The van der Waals surface area contributed by atoms with Gasteiger partial charge in [-0.3, -0.25) is 14.5 Å². The number of nitrogens with one attached hydrogen (secondary N) is 1. The van der Waals surface area contributed by atoms with Crippen LogP contribution in [0.5, 0.6) is 0 Å². The Morgan fingerprint density at radius 3 is 2.83 bits per heavy atom. The number of carboxylic acid groups (broad SMARTS) is 1. The number of hydrogen-bond donors (Lipinski definition) is 3. The number of ether oxygens (including phenoxy) is 1. The summed E-state index contributed by atoms with van der Waals surface area (Å²) in [5, 5.41) is 20.9. The van der Waals surface area contributed by atoms with Crippen LogP contribution in [0.2, 0.25) is 0 Å². The van der Waals surface area contributed by atoms with E-state index < -0.39 is 41.3 Å². The van der Waals surface area contributed by atoms with Crippen molar-refractivity contribution in [3.8, 4) is 0 Å². The van der Waals surface area contributed by atoms with Crippen LogP contribution in [0.1, 0.15) is 19.0 Å². The van der Waals surface area contributed by atoms with Crippen LogP contribution in [0.3, 0.4) is 0 Å². The Bertz CT molecular complexity index is 1180. The number of nitrogens with zero attached hydrogens (tertiary/aromatic N) is 4. The summed E-state index contributed by atoms with van der Waals surface area (Å²) in [6, 6.07) is -1.00. The van der Waals surface area contributed by atoms with E-state index in [1.54, 1.807) is 6.92 Å². The van der Waals surface area contributed by atoms with Crippen molar-refractivity contribution in [1.82, 2.24) is 15.2 Å². The van der Waals surface area contributed by atoms with E-state index >= 15 is 0 Å². The maximum Gasteiger partial charge on any atom is 0.356 e. The number of carboxylic acids is 1. The molecular formula is C19H20N6O8S2. The highest BCUT2D eigenvalue weighted by Gasteiger charge is 2.55. The predicted molar refractivity (Wildman–Crippen MR) is 123 cm³/mol. The first-order chi connectivity index (χ1) is 16.8. The quantitative estimate of drug-likeness (QED) is 0.172. The van der Waals surface area contributed by atoms with Gasteiger partial charge in [0.15, 0.2) is 22.7 Å². The third-order valence-electron chi connectivity index (χ3n) is 5.22. The lowest BCUT2D eigenvalue weighted by Gasteiger charge is -2.49. The zero-order chi connectivity index (χ0) is 25.3.